The van der Waals surface area contributed by atoms with E-state index in [0.717, 1.165) is 4.90 Å². The summed E-state index contributed by atoms with van der Waals surface area (Å²) in [5.41, 5.74) is -0.327. The summed E-state index contributed by atoms with van der Waals surface area (Å²) in [7, 11) is 0. The van der Waals surface area contributed by atoms with Crippen LogP contribution in [0.1, 0.15) is 20.8 Å². The van der Waals surface area contributed by atoms with Crippen LogP contribution in [0.3, 0.4) is 0 Å². The lowest BCUT2D eigenvalue weighted by molar-refractivity contribution is -0.388. The van der Waals surface area contributed by atoms with Gasteiger partial charge in [-0.3, -0.25) is 4.90 Å². The first-order valence-corrected chi connectivity index (χ1v) is 5.32. The maximum absolute atomic E-state index is 11.2. The topological polar surface area (TPSA) is 96.6 Å². The first-order chi connectivity index (χ1) is 8.22. The Morgan fingerprint density at radius 2 is 2.17 bits per heavy atom. The molecule has 1 N–H and O–H groups in total. The van der Waals surface area contributed by atoms with Gasteiger partial charge in [-0.1, -0.05) is 20.8 Å². The molecular weight excluding hydrogens is 238 g/mol. The molecular formula is C11H15N3O4. The molecule has 0 saturated heterocycles. The molecule has 0 spiro atoms. The number of nitrogens with zero attached hydrogens (tertiary/aromatic N) is 3. The van der Waals surface area contributed by atoms with Gasteiger partial charge in [0, 0.05) is 6.54 Å². The van der Waals surface area contributed by atoms with Gasteiger partial charge in [-0.05, 0) is 27.5 Å². The van der Waals surface area contributed by atoms with Crippen LogP contribution in [-0.2, 0) is 0 Å². The minimum atomic E-state index is -1.24. The van der Waals surface area contributed by atoms with Crippen molar-refractivity contribution in [2.75, 3.05) is 11.4 Å². The Bertz CT molecular complexity index is 468. The Morgan fingerprint density at radius 1 is 1.56 bits per heavy atom. The van der Waals surface area contributed by atoms with Crippen molar-refractivity contribution in [3.63, 3.8) is 0 Å². The molecule has 1 aromatic rings. The molecule has 0 atom stereocenters. The van der Waals surface area contributed by atoms with E-state index >= 15 is 0 Å². The number of anilines is 1. The first kappa shape index (κ1) is 13.9. The minimum Gasteiger partial charge on any atom is -0.465 e. The highest BCUT2D eigenvalue weighted by molar-refractivity contribution is 5.88. The SMILES string of the molecule is CC(C)(C)CN(C(=O)O)c1cccnc1[N+](=O)[O-]. The number of hydrogen-bond acceptors (Lipinski definition) is 4. The normalized spacial score (nSPS) is 11.1. The van der Waals surface area contributed by atoms with Crippen LogP contribution in [-0.4, -0.2) is 27.7 Å². The molecule has 0 fully saturated rings. The molecule has 0 bridgehead atoms. The van der Waals surface area contributed by atoms with E-state index in [2.05, 4.69) is 4.98 Å². The molecule has 0 aliphatic heterocycles. The molecule has 98 valence electrons. The van der Waals surface area contributed by atoms with Crippen molar-refractivity contribution in [1.29, 1.82) is 0 Å². The van der Waals surface area contributed by atoms with Crippen LogP contribution >= 0.6 is 0 Å². The third-order valence-corrected chi connectivity index (χ3v) is 2.09. The summed E-state index contributed by atoms with van der Waals surface area (Å²) in [6.45, 7) is 5.70. The number of pyridine rings is 1. The number of carbonyl (C=O) groups is 1. The maximum Gasteiger partial charge on any atom is 0.412 e. The Balaban J connectivity index is 3.22. The van der Waals surface area contributed by atoms with Crippen molar-refractivity contribution in [2.45, 2.75) is 20.8 Å². The molecule has 0 aliphatic rings. The van der Waals surface area contributed by atoms with Crippen LogP contribution in [0.2, 0.25) is 0 Å². The van der Waals surface area contributed by atoms with E-state index in [-0.39, 0.29) is 17.6 Å². The zero-order valence-corrected chi connectivity index (χ0v) is 10.5. The molecule has 0 aliphatic carbocycles. The van der Waals surface area contributed by atoms with Crippen LogP contribution < -0.4 is 4.90 Å². The molecule has 0 unspecified atom stereocenters. The van der Waals surface area contributed by atoms with Crippen LogP contribution in [0.25, 0.3) is 0 Å². The number of amides is 1. The van der Waals surface area contributed by atoms with Crippen molar-refractivity contribution in [3.8, 4) is 0 Å². The van der Waals surface area contributed by atoms with E-state index in [1.165, 1.54) is 18.3 Å². The highest BCUT2D eigenvalue weighted by Crippen LogP contribution is 2.28. The average Bonchev–Trinajstić information content (AvgIpc) is 2.24. The van der Waals surface area contributed by atoms with Gasteiger partial charge in [0.25, 0.3) is 0 Å². The van der Waals surface area contributed by atoms with E-state index in [1.54, 1.807) is 0 Å². The lowest BCUT2D eigenvalue weighted by atomic mass is 9.96. The molecule has 7 nitrogen and oxygen atoms in total. The van der Waals surface area contributed by atoms with Gasteiger partial charge < -0.3 is 15.2 Å². The fourth-order valence-electron chi connectivity index (χ4n) is 1.47. The van der Waals surface area contributed by atoms with Gasteiger partial charge in [-0.15, -0.1) is 0 Å². The summed E-state index contributed by atoms with van der Waals surface area (Å²) in [6.07, 6.45) is 0.0275. The third-order valence-electron chi connectivity index (χ3n) is 2.09. The van der Waals surface area contributed by atoms with Crippen molar-refractivity contribution < 1.29 is 14.8 Å². The van der Waals surface area contributed by atoms with Gasteiger partial charge in [0.1, 0.15) is 11.9 Å². The average molecular weight is 253 g/mol. The van der Waals surface area contributed by atoms with Crippen molar-refractivity contribution in [1.82, 2.24) is 4.98 Å². The number of aromatic nitrogens is 1. The van der Waals surface area contributed by atoms with Crippen LogP contribution in [0.4, 0.5) is 16.3 Å². The molecule has 1 amide bonds. The van der Waals surface area contributed by atoms with Crippen LogP contribution in [0, 0.1) is 15.5 Å². The highest BCUT2D eigenvalue weighted by atomic mass is 16.6. The van der Waals surface area contributed by atoms with Crippen molar-refractivity contribution >= 4 is 17.6 Å². The Hall–Kier alpha value is -2.18. The summed E-state index contributed by atoms with van der Waals surface area (Å²) in [5.74, 6) is -0.454. The molecule has 0 saturated carbocycles. The molecule has 0 aromatic carbocycles. The predicted octanol–water partition coefficient (Wildman–Crippen LogP) is 2.52. The lowest BCUT2D eigenvalue weighted by Crippen LogP contribution is -2.37. The Morgan fingerprint density at radius 3 is 2.61 bits per heavy atom. The largest absolute Gasteiger partial charge is 0.465 e. The predicted molar refractivity (Wildman–Crippen MR) is 65.7 cm³/mol. The molecule has 18 heavy (non-hydrogen) atoms. The second kappa shape index (κ2) is 4.99. The Kier molecular flexibility index (Phi) is 3.85. The number of nitro groups is 1. The second-order valence-electron chi connectivity index (χ2n) is 5.03. The third kappa shape index (κ3) is 3.41. The van der Waals surface area contributed by atoms with Crippen LogP contribution in [0.15, 0.2) is 18.3 Å². The molecule has 1 rings (SSSR count). The quantitative estimate of drug-likeness (QED) is 0.659. The minimum absolute atomic E-state index is 0.00933. The summed E-state index contributed by atoms with van der Waals surface area (Å²) in [4.78, 5) is 25.9. The fourth-order valence-corrected chi connectivity index (χ4v) is 1.47. The monoisotopic (exact) mass is 253 g/mol. The molecule has 0 radical (unpaired) electrons. The summed E-state index contributed by atoms with van der Waals surface area (Å²) >= 11 is 0. The van der Waals surface area contributed by atoms with Crippen molar-refractivity contribution in [2.24, 2.45) is 5.41 Å². The standard InChI is InChI=1S/C11H15N3O4/c1-11(2,3)7-13(10(15)16)8-5-4-6-12-9(8)14(17)18/h4-6H,7H2,1-3H3,(H,15,16). The zero-order valence-electron chi connectivity index (χ0n) is 10.5. The zero-order chi connectivity index (χ0) is 13.9. The van der Waals surface area contributed by atoms with Gasteiger partial charge >= 0.3 is 11.9 Å². The summed E-state index contributed by atoms with van der Waals surface area (Å²) < 4.78 is 0. The molecule has 1 aromatic heterocycles. The smallest absolute Gasteiger partial charge is 0.412 e. The summed E-state index contributed by atoms with van der Waals surface area (Å²) in [6, 6.07) is 2.85. The van der Waals surface area contributed by atoms with E-state index < -0.39 is 16.8 Å². The highest BCUT2D eigenvalue weighted by Gasteiger charge is 2.28. The van der Waals surface area contributed by atoms with E-state index in [4.69, 9.17) is 0 Å². The number of carboxylic acid groups (broad SMARTS) is 1. The number of hydrogen-bond donors (Lipinski definition) is 1. The lowest BCUT2D eigenvalue weighted by Gasteiger charge is -2.27. The van der Waals surface area contributed by atoms with E-state index in [9.17, 15) is 20.0 Å². The van der Waals surface area contributed by atoms with Crippen molar-refractivity contribution in [3.05, 3.63) is 28.4 Å². The molecule has 1 heterocycles. The first-order valence-electron chi connectivity index (χ1n) is 5.32. The number of rotatable bonds is 3. The Labute approximate surface area is 104 Å². The van der Waals surface area contributed by atoms with E-state index in [1.807, 2.05) is 20.8 Å². The van der Waals surface area contributed by atoms with E-state index in [0.29, 0.717) is 0 Å². The van der Waals surface area contributed by atoms with Gasteiger partial charge in [0.05, 0.1) is 0 Å². The van der Waals surface area contributed by atoms with Gasteiger partial charge in [-0.2, -0.15) is 0 Å². The van der Waals surface area contributed by atoms with Gasteiger partial charge in [0.15, 0.2) is 0 Å². The molecule has 7 heteroatoms. The maximum atomic E-state index is 11.2. The fraction of sp³-hybridized carbons (Fsp3) is 0.455. The van der Waals surface area contributed by atoms with Crippen LogP contribution in [0.5, 0.6) is 0 Å². The van der Waals surface area contributed by atoms with Gasteiger partial charge in [0.2, 0.25) is 0 Å². The van der Waals surface area contributed by atoms with Gasteiger partial charge in [-0.25, -0.2) is 4.79 Å². The second-order valence-corrected chi connectivity index (χ2v) is 5.03. The summed E-state index contributed by atoms with van der Waals surface area (Å²) in [5, 5.41) is 20.0.